The van der Waals surface area contributed by atoms with Gasteiger partial charge in [-0.25, -0.2) is 0 Å². The molecular formula is C17H14N6OS. The van der Waals surface area contributed by atoms with Gasteiger partial charge in [0.15, 0.2) is 0 Å². The van der Waals surface area contributed by atoms with Gasteiger partial charge in [-0.3, -0.25) is 4.79 Å². The van der Waals surface area contributed by atoms with Crippen molar-refractivity contribution in [2.24, 2.45) is 0 Å². The van der Waals surface area contributed by atoms with Gasteiger partial charge in [0.25, 0.3) is 5.91 Å². The molecule has 0 bridgehead atoms. The first-order valence-electron chi connectivity index (χ1n) is 7.72. The van der Waals surface area contributed by atoms with Crippen molar-refractivity contribution in [3.05, 3.63) is 72.1 Å². The van der Waals surface area contributed by atoms with Crippen molar-refractivity contribution >= 4 is 28.7 Å². The summed E-state index contributed by atoms with van der Waals surface area (Å²) in [4.78, 5) is 14.3. The quantitative estimate of drug-likeness (QED) is 0.597. The first-order chi connectivity index (χ1) is 12.3. The molecule has 1 N–H and O–H groups in total. The number of hydrogen-bond acceptors (Lipinski definition) is 6. The fourth-order valence-corrected chi connectivity index (χ4v) is 3.10. The van der Waals surface area contributed by atoms with Gasteiger partial charge in [0.1, 0.15) is 11.0 Å². The maximum Gasteiger partial charge on any atom is 0.251 e. The van der Waals surface area contributed by atoms with Crippen LogP contribution in [0.1, 0.15) is 22.0 Å². The van der Waals surface area contributed by atoms with Crippen molar-refractivity contribution in [1.29, 1.82) is 0 Å². The van der Waals surface area contributed by atoms with Crippen LogP contribution in [0.15, 0.2) is 60.9 Å². The third-order valence-electron chi connectivity index (χ3n) is 3.84. The van der Waals surface area contributed by atoms with Crippen LogP contribution in [0.25, 0.3) is 11.0 Å². The summed E-state index contributed by atoms with van der Waals surface area (Å²) in [6.07, 6.45) is 3.24. The van der Waals surface area contributed by atoms with E-state index in [1.54, 1.807) is 35.4 Å². The zero-order valence-corrected chi connectivity index (χ0v) is 13.9. The molecule has 4 rings (SSSR count). The van der Waals surface area contributed by atoms with E-state index in [-0.39, 0.29) is 11.9 Å². The second-order valence-corrected chi connectivity index (χ2v) is 6.02. The summed E-state index contributed by atoms with van der Waals surface area (Å²) in [6, 6.07) is 14.8. The molecule has 2 heterocycles. The van der Waals surface area contributed by atoms with Crippen LogP contribution in [-0.4, -0.2) is 29.6 Å². The van der Waals surface area contributed by atoms with E-state index in [1.807, 2.05) is 30.3 Å². The van der Waals surface area contributed by atoms with E-state index in [0.29, 0.717) is 12.1 Å². The number of nitrogens with zero attached hydrogens (tertiary/aromatic N) is 5. The van der Waals surface area contributed by atoms with Crippen LogP contribution in [0.2, 0.25) is 0 Å². The van der Waals surface area contributed by atoms with Gasteiger partial charge in [-0.1, -0.05) is 30.3 Å². The second-order valence-electron chi connectivity index (χ2n) is 5.49. The smallest absolute Gasteiger partial charge is 0.251 e. The van der Waals surface area contributed by atoms with Crippen molar-refractivity contribution in [1.82, 2.24) is 29.1 Å². The van der Waals surface area contributed by atoms with Crippen LogP contribution in [-0.2, 0) is 6.54 Å². The standard InChI is InChI=1S/C17H14N6OS/c24-17(13-6-7-14-15(10-13)22-25-21-14)20-16(11-23-18-8-9-19-23)12-4-2-1-3-5-12/h1-10,16H,11H2,(H,20,24)/t16-/m1/s1. The van der Waals surface area contributed by atoms with Gasteiger partial charge in [0, 0.05) is 5.56 Å². The molecule has 0 unspecified atom stereocenters. The Kier molecular flexibility index (Phi) is 4.17. The van der Waals surface area contributed by atoms with Gasteiger partial charge >= 0.3 is 0 Å². The van der Waals surface area contributed by atoms with Crippen LogP contribution < -0.4 is 5.32 Å². The Balaban J connectivity index is 1.59. The molecule has 0 aliphatic heterocycles. The van der Waals surface area contributed by atoms with Crippen LogP contribution in [0.3, 0.4) is 0 Å². The van der Waals surface area contributed by atoms with E-state index in [2.05, 4.69) is 24.3 Å². The lowest BCUT2D eigenvalue weighted by atomic mass is 10.1. The molecule has 2 aromatic heterocycles. The Bertz CT molecular complexity index is 983. The Morgan fingerprint density at radius 1 is 1.04 bits per heavy atom. The molecule has 1 amide bonds. The van der Waals surface area contributed by atoms with Gasteiger partial charge in [-0.15, -0.1) is 0 Å². The highest BCUT2D eigenvalue weighted by molar-refractivity contribution is 7.00. The molecule has 124 valence electrons. The van der Waals surface area contributed by atoms with Gasteiger partial charge in [0.2, 0.25) is 0 Å². The van der Waals surface area contributed by atoms with Crippen LogP contribution in [0.5, 0.6) is 0 Å². The molecule has 2 aromatic carbocycles. The zero-order valence-electron chi connectivity index (χ0n) is 13.1. The topological polar surface area (TPSA) is 85.6 Å². The average Bonchev–Trinajstić information content (AvgIpc) is 3.32. The lowest BCUT2D eigenvalue weighted by Gasteiger charge is -2.19. The summed E-state index contributed by atoms with van der Waals surface area (Å²) in [7, 11) is 0. The normalized spacial score (nSPS) is 12.2. The number of rotatable bonds is 5. The van der Waals surface area contributed by atoms with Crippen molar-refractivity contribution in [3.63, 3.8) is 0 Å². The molecule has 0 saturated heterocycles. The molecule has 0 fully saturated rings. The second kappa shape index (κ2) is 6.78. The molecule has 8 heteroatoms. The number of carbonyl (C=O) groups is 1. The van der Waals surface area contributed by atoms with Crippen LogP contribution in [0.4, 0.5) is 0 Å². The Morgan fingerprint density at radius 2 is 1.80 bits per heavy atom. The Morgan fingerprint density at radius 3 is 2.60 bits per heavy atom. The highest BCUT2D eigenvalue weighted by Gasteiger charge is 2.17. The minimum absolute atomic E-state index is 0.170. The third-order valence-corrected chi connectivity index (χ3v) is 4.39. The number of nitrogens with one attached hydrogen (secondary N) is 1. The molecule has 0 radical (unpaired) electrons. The van der Waals surface area contributed by atoms with E-state index in [1.165, 1.54) is 0 Å². The highest BCUT2D eigenvalue weighted by Crippen LogP contribution is 2.17. The summed E-state index contributed by atoms with van der Waals surface area (Å²) < 4.78 is 8.34. The monoisotopic (exact) mass is 350 g/mol. The summed E-state index contributed by atoms with van der Waals surface area (Å²) in [5.41, 5.74) is 3.06. The van der Waals surface area contributed by atoms with Gasteiger partial charge in [-0.2, -0.15) is 23.7 Å². The van der Waals surface area contributed by atoms with Crippen molar-refractivity contribution in [2.75, 3.05) is 0 Å². The predicted octanol–water partition coefficient (Wildman–Crippen LogP) is 2.45. The number of benzene rings is 2. The highest BCUT2D eigenvalue weighted by atomic mass is 32.1. The van der Waals surface area contributed by atoms with E-state index in [0.717, 1.165) is 28.3 Å². The zero-order chi connectivity index (χ0) is 17.1. The van der Waals surface area contributed by atoms with Crippen molar-refractivity contribution in [3.8, 4) is 0 Å². The van der Waals surface area contributed by atoms with E-state index < -0.39 is 0 Å². The fourth-order valence-electron chi connectivity index (χ4n) is 2.59. The van der Waals surface area contributed by atoms with Gasteiger partial charge in [0.05, 0.1) is 36.7 Å². The molecule has 0 spiro atoms. The molecule has 0 aliphatic rings. The number of hydrogen-bond donors (Lipinski definition) is 1. The van der Waals surface area contributed by atoms with Crippen LogP contribution in [0, 0.1) is 0 Å². The predicted molar refractivity (Wildman–Crippen MR) is 94.1 cm³/mol. The first-order valence-corrected chi connectivity index (χ1v) is 8.45. The summed E-state index contributed by atoms with van der Waals surface area (Å²) in [5, 5.41) is 11.3. The van der Waals surface area contributed by atoms with Gasteiger partial charge < -0.3 is 5.32 Å². The average molecular weight is 350 g/mol. The SMILES string of the molecule is O=C(N[C@H](Cn1nccn1)c1ccccc1)c1ccc2nsnc2c1. The third kappa shape index (κ3) is 3.38. The lowest BCUT2D eigenvalue weighted by molar-refractivity contribution is 0.0931. The molecular weight excluding hydrogens is 336 g/mol. The molecule has 25 heavy (non-hydrogen) atoms. The number of fused-ring (bicyclic) bond motifs is 1. The lowest BCUT2D eigenvalue weighted by Crippen LogP contribution is -2.32. The molecule has 7 nitrogen and oxygen atoms in total. The van der Waals surface area contributed by atoms with Crippen molar-refractivity contribution in [2.45, 2.75) is 12.6 Å². The molecule has 0 aliphatic carbocycles. The van der Waals surface area contributed by atoms with Crippen LogP contribution >= 0.6 is 11.7 Å². The minimum Gasteiger partial charge on any atom is -0.343 e. The Hall–Kier alpha value is -3.13. The molecule has 0 saturated carbocycles. The largest absolute Gasteiger partial charge is 0.343 e. The van der Waals surface area contributed by atoms with E-state index >= 15 is 0 Å². The maximum absolute atomic E-state index is 12.7. The number of aromatic nitrogens is 5. The summed E-state index contributed by atoms with van der Waals surface area (Å²) in [5.74, 6) is -0.170. The summed E-state index contributed by atoms with van der Waals surface area (Å²) >= 11 is 1.14. The number of carbonyl (C=O) groups excluding carboxylic acids is 1. The number of amides is 1. The Labute approximate surface area is 147 Å². The molecule has 1 atom stereocenters. The fraction of sp³-hybridized carbons (Fsp3) is 0.118. The molecule has 4 aromatic rings. The minimum atomic E-state index is -0.245. The van der Waals surface area contributed by atoms with Gasteiger partial charge in [-0.05, 0) is 23.8 Å². The first kappa shape index (κ1) is 15.4. The summed E-state index contributed by atoms with van der Waals surface area (Å²) in [6.45, 7) is 0.448. The van der Waals surface area contributed by atoms with E-state index in [9.17, 15) is 4.79 Å². The van der Waals surface area contributed by atoms with Crippen molar-refractivity contribution < 1.29 is 4.79 Å². The van der Waals surface area contributed by atoms with E-state index in [4.69, 9.17) is 0 Å². The maximum atomic E-state index is 12.7.